The first-order valence-corrected chi connectivity index (χ1v) is 18.3. The molecule has 0 aromatic carbocycles. The van der Waals surface area contributed by atoms with Crippen molar-refractivity contribution in [3.05, 3.63) is 24.3 Å². The Morgan fingerprint density at radius 3 is 1.80 bits per heavy atom. The molecule has 10 nitrogen and oxygen atoms in total. The van der Waals surface area contributed by atoms with Crippen LogP contribution < -0.4 is 0 Å². The highest BCUT2D eigenvalue weighted by atomic mass is 31.2. The lowest BCUT2D eigenvalue weighted by Crippen LogP contribution is -2.29. The van der Waals surface area contributed by atoms with Gasteiger partial charge in [-0.05, 0) is 44.9 Å². The van der Waals surface area contributed by atoms with Crippen molar-refractivity contribution >= 4 is 19.8 Å². The molecule has 3 atom stereocenters. The van der Waals surface area contributed by atoms with Crippen LogP contribution in [0.25, 0.3) is 0 Å². The number of phosphoric ester groups is 1. The van der Waals surface area contributed by atoms with Crippen LogP contribution in [0.4, 0.5) is 0 Å². The fraction of sp³-hybridized carbons (Fsp3) is 0.818. The second-order valence-electron chi connectivity index (χ2n) is 11.2. The molecule has 0 aromatic heterocycles. The van der Waals surface area contributed by atoms with Crippen molar-refractivity contribution in [2.75, 3.05) is 26.4 Å². The van der Waals surface area contributed by atoms with Crippen molar-refractivity contribution in [2.24, 2.45) is 0 Å². The second-order valence-corrected chi connectivity index (χ2v) is 12.6. The van der Waals surface area contributed by atoms with Crippen molar-refractivity contribution in [2.45, 2.75) is 148 Å². The van der Waals surface area contributed by atoms with Gasteiger partial charge in [0.1, 0.15) is 12.7 Å². The first-order valence-electron chi connectivity index (χ1n) is 16.8. The average molecular weight is 649 g/mol. The van der Waals surface area contributed by atoms with E-state index < -0.39 is 51.8 Å². The number of carbonyl (C=O) groups excluding carboxylic acids is 2. The van der Waals surface area contributed by atoms with Crippen molar-refractivity contribution in [3.8, 4) is 0 Å². The van der Waals surface area contributed by atoms with Gasteiger partial charge in [-0.2, -0.15) is 0 Å². The SMILES string of the molecule is CCCCC/C=C\C/C=C\CCCCCCCCCC(=O)OC(COC(=O)CCCCCC)COP(=O)(O)OCC(O)CO. The minimum atomic E-state index is -4.59. The summed E-state index contributed by atoms with van der Waals surface area (Å²) in [4.78, 5) is 34.3. The highest BCUT2D eigenvalue weighted by Gasteiger charge is 2.27. The normalized spacial score (nSPS) is 14.6. The molecule has 0 aliphatic heterocycles. The molecular weight excluding hydrogens is 587 g/mol. The molecule has 0 amide bonds. The van der Waals surface area contributed by atoms with Gasteiger partial charge in [0.05, 0.1) is 19.8 Å². The van der Waals surface area contributed by atoms with Crippen LogP contribution in [-0.4, -0.2) is 65.7 Å². The lowest BCUT2D eigenvalue weighted by atomic mass is 10.1. The molecule has 0 aliphatic carbocycles. The minimum absolute atomic E-state index is 0.176. The van der Waals surface area contributed by atoms with Gasteiger partial charge in [0.15, 0.2) is 6.10 Å². The number of aliphatic hydroxyl groups excluding tert-OH is 2. The predicted molar refractivity (Wildman–Crippen MR) is 173 cm³/mol. The molecule has 0 heterocycles. The first kappa shape index (κ1) is 42.5. The summed E-state index contributed by atoms with van der Waals surface area (Å²) in [5, 5.41) is 18.1. The Bertz CT molecular complexity index is 801. The molecule has 0 rings (SSSR count). The highest BCUT2D eigenvalue weighted by Crippen LogP contribution is 2.43. The lowest BCUT2D eigenvalue weighted by molar-refractivity contribution is -0.161. The zero-order valence-electron chi connectivity index (χ0n) is 27.4. The second kappa shape index (κ2) is 30.1. The Labute approximate surface area is 266 Å². The van der Waals surface area contributed by atoms with E-state index in [4.69, 9.17) is 19.1 Å². The maximum atomic E-state index is 12.4. The number of hydrogen-bond acceptors (Lipinski definition) is 9. The number of rotatable bonds is 31. The van der Waals surface area contributed by atoms with E-state index in [-0.39, 0.29) is 19.4 Å². The summed E-state index contributed by atoms with van der Waals surface area (Å²) < 4.78 is 32.2. The van der Waals surface area contributed by atoms with Crippen LogP contribution >= 0.6 is 7.82 Å². The number of allylic oxidation sites excluding steroid dienone is 4. The van der Waals surface area contributed by atoms with Crippen molar-refractivity contribution in [1.29, 1.82) is 0 Å². The van der Waals surface area contributed by atoms with Gasteiger partial charge >= 0.3 is 19.8 Å². The van der Waals surface area contributed by atoms with Crippen molar-refractivity contribution in [1.82, 2.24) is 0 Å². The topological polar surface area (TPSA) is 149 Å². The molecule has 11 heteroatoms. The van der Waals surface area contributed by atoms with Gasteiger partial charge in [-0.1, -0.05) is 102 Å². The molecule has 3 N–H and O–H groups in total. The fourth-order valence-corrected chi connectivity index (χ4v) is 4.99. The zero-order valence-corrected chi connectivity index (χ0v) is 28.3. The van der Waals surface area contributed by atoms with E-state index in [1.807, 2.05) is 0 Å². The van der Waals surface area contributed by atoms with Crippen molar-refractivity contribution < 1.29 is 47.8 Å². The number of phosphoric acid groups is 1. The summed E-state index contributed by atoms with van der Waals surface area (Å²) in [5.74, 6) is -0.956. The third-order valence-corrected chi connectivity index (χ3v) is 7.81. The molecule has 0 bridgehead atoms. The Kier molecular flexibility index (Phi) is 29.1. The van der Waals surface area contributed by atoms with Crippen LogP contribution in [0.3, 0.4) is 0 Å². The molecule has 0 saturated heterocycles. The average Bonchev–Trinajstić information content (AvgIpc) is 3.01. The van der Waals surface area contributed by atoms with Crippen LogP contribution in [-0.2, 0) is 32.7 Å². The monoisotopic (exact) mass is 648 g/mol. The van der Waals surface area contributed by atoms with Crippen LogP contribution in [0.15, 0.2) is 24.3 Å². The zero-order chi connectivity index (χ0) is 32.7. The molecule has 0 radical (unpaired) electrons. The van der Waals surface area contributed by atoms with Gasteiger partial charge in [-0.3, -0.25) is 18.6 Å². The Morgan fingerprint density at radius 1 is 0.682 bits per heavy atom. The van der Waals surface area contributed by atoms with Gasteiger partial charge in [-0.15, -0.1) is 0 Å². The number of carbonyl (C=O) groups is 2. The van der Waals surface area contributed by atoms with Gasteiger partial charge in [0.25, 0.3) is 0 Å². The van der Waals surface area contributed by atoms with E-state index in [2.05, 4.69) is 42.7 Å². The van der Waals surface area contributed by atoms with Gasteiger partial charge in [0.2, 0.25) is 0 Å². The number of unbranched alkanes of at least 4 members (excludes halogenated alkanes) is 13. The molecule has 0 aliphatic rings. The number of aliphatic hydroxyl groups is 2. The van der Waals surface area contributed by atoms with Gasteiger partial charge in [0, 0.05) is 12.8 Å². The van der Waals surface area contributed by atoms with E-state index in [0.29, 0.717) is 12.8 Å². The molecule has 258 valence electrons. The molecule has 3 unspecified atom stereocenters. The minimum Gasteiger partial charge on any atom is -0.462 e. The highest BCUT2D eigenvalue weighted by molar-refractivity contribution is 7.47. The number of hydrogen-bond donors (Lipinski definition) is 3. The van der Waals surface area contributed by atoms with Gasteiger partial charge < -0.3 is 24.6 Å². The fourth-order valence-electron chi connectivity index (χ4n) is 4.20. The van der Waals surface area contributed by atoms with E-state index in [0.717, 1.165) is 57.8 Å². The summed E-state index contributed by atoms with van der Waals surface area (Å²) in [5.41, 5.74) is 0. The van der Waals surface area contributed by atoms with E-state index in [9.17, 15) is 24.2 Å². The Balaban J connectivity index is 4.26. The molecule has 0 fully saturated rings. The number of esters is 2. The van der Waals surface area contributed by atoms with Crippen LogP contribution in [0, 0.1) is 0 Å². The first-order chi connectivity index (χ1) is 21.2. The lowest BCUT2D eigenvalue weighted by Gasteiger charge is -2.20. The number of ether oxygens (including phenoxy) is 2. The largest absolute Gasteiger partial charge is 0.472 e. The summed E-state index contributed by atoms with van der Waals surface area (Å²) >= 11 is 0. The van der Waals surface area contributed by atoms with Crippen LogP contribution in [0.1, 0.15) is 136 Å². The van der Waals surface area contributed by atoms with Crippen LogP contribution in [0.2, 0.25) is 0 Å². The Hall–Kier alpha value is -1.55. The van der Waals surface area contributed by atoms with E-state index in [1.165, 1.54) is 38.5 Å². The summed E-state index contributed by atoms with van der Waals surface area (Å²) in [6, 6.07) is 0. The smallest absolute Gasteiger partial charge is 0.462 e. The third kappa shape index (κ3) is 29.2. The Morgan fingerprint density at radius 2 is 1.18 bits per heavy atom. The van der Waals surface area contributed by atoms with Crippen molar-refractivity contribution in [3.63, 3.8) is 0 Å². The predicted octanol–water partition coefficient (Wildman–Crippen LogP) is 7.49. The summed E-state index contributed by atoms with van der Waals surface area (Å²) in [6.45, 7) is 2.17. The summed E-state index contributed by atoms with van der Waals surface area (Å²) in [7, 11) is -4.59. The molecular formula is C33H61O10P. The summed E-state index contributed by atoms with van der Waals surface area (Å²) in [6.07, 6.45) is 25.0. The maximum Gasteiger partial charge on any atom is 0.472 e. The quantitative estimate of drug-likeness (QED) is 0.0299. The molecule has 0 spiro atoms. The molecule has 44 heavy (non-hydrogen) atoms. The third-order valence-electron chi connectivity index (χ3n) is 6.86. The van der Waals surface area contributed by atoms with Gasteiger partial charge in [-0.25, -0.2) is 4.57 Å². The molecule has 0 aromatic rings. The van der Waals surface area contributed by atoms with E-state index in [1.54, 1.807) is 0 Å². The van der Waals surface area contributed by atoms with Crippen LogP contribution in [0.5, 0.6) is 0 Å². The molecule has 0 saturated carbocycles. The standard InChI is InChI=1S/C33H61O10P/c1-3-5-7-9-10-11-12-13-14-15-16-17-18-19-20-21-23-25-33(37)43-31(28-40-32(36)24-22-8-6-4-2)29-42-44(38,39)41-27-30(35)26-34/h10-11,13-14,30-31,34-35H,3-9,12,15-29H2,1-2H3,(H,38,39)/b11-10-,14-13-. The van der Waals surface area contributed by atoms with E-state index >= 15 is 0 Å². The maximum absolute atomic E-state index is 12.4.